The van der Waals surface area contributed by atoms with E-state index in [0.29, 0.717) is 19.8 Å². The van der Waals surface area contributed by atoms with E-state index in [2.05, 4.69) is 30.3 Å². The van der Waals surface area contributed by atoms with Gasteiger partial charge >= 0.3 is 0 Å². The van der Waals surface area contributed by atoms with Crippen LogP contribution in [0.4, 0.5) is 0 Å². The SMILES string of the molecule is COC1C(OCC(OCc2ccccc2)C(OCc2ccccc2)C(COCc2ccc3ccccc3c2)OCc2ccccc2)OC(CO)C1O. The molecule has 1 heterocycles. The monoisotopic (exact) mass is 708 g/mol. The van der Waals surface area contributed by atoms with Gasteiger partial charge in [-0.15, -0.1) is 0 Å². The molecule has 1 aliphatic heterocycles. The zero-order valence-electron chi connectivity index (χ0n) is 29.4. The highest BCUT2D eigenvalue weighted by atomic mass is 16.7. The molecule has 7 atom stereocenters. The van der Waals surface area contributed by atoms with Gasteiger partial charge in [-0.3, -0.25) is 0 Å². The van der Waals surface area contributed by atoms with Gasteiger partial charge < -0.3 is 43.4 Å². The van der Waals surface area contributed by atoms with Crippen molar-refractivity contribution in [1.82, 2.24) is 0 Å². The summed E-state index contributed by atoms with van der Waals surface area (Å²) in [6.07, 6.45) is -5.58. The molecule has 274 valence electrons. The summed E-state index contributed by atoms with van der Waals surface area (Å²) in [7, 11) is 1.48. The van der Waals surface area contributed by atoms with Crippen LogP contribution in [0.1, 0.15) is 22.3 Å². The number of benzene rings is 5. The van der Waals surface area contributed by atoms with E-state index in [4.69, 9.17) is 33.2 Å². The van der Waals surface area contributed by atoms with Gasteiger partial charge in [0.2, 0.25) is 0 Å². The predicted molar refractivity (Wildman–Crippen MR) is 197 cm³/mol. The van der Waals surface area contributed by atoms with E-state index in [9.17, 15) is 10.2 Å². The Hall–Kier alpha value is -4.00. The normalized spacial score (nSPS) is 20.5. The fourth-order valence-electron chi connectivity index (χ4n) is 6.30. The Labute approximate surface area is 305 Å². The van der Waals surface area contributed by atoms with Crippen molar-refractivity contribution in [3.63, 3.8) is 0 Å². The maximum Gasteiger partial charge on any atom is 0.187 e. The summed E-state index contributed by atoms with van der Waals surface area (Å²) < 4.78 is 44.2. The van der Waals surface area contributed by atoms with Crippen LogP contribution in [0.25, 0.3) is 10.8 Å². The topological polar surface area (TPSA) is 105 Å². The Kier molecular flexibility index (Phi) is 14.3. The number of methoxy groups -OCH3 is 1. The van der Waals surface area contributed by atoms with Crippen molar-refractivity contribution < 1.29 is 43.4 Å². The molecular weight excluding hydrogens is 660 g/mol. The molecule has 5 aromatic carbocycles. The first-order valence-electron chi connectivity index (χ1n) is 17.7. The molecule has 1 fully saturated rings. The van der Waals surface area contributed by atoms with Crippen LogP contribution in [0.3, 0.4) is 0 Å². The molecular formula is C43H48O9. The van der Waals surface area contributed by atoms with Crippen LogP contribution >= 0.6 is 0 Å². The summed E-state index contributed by atoms with van der Waals surface area (Å²) >= 11 is 0. The molecule has 0 saturated carbocycles. The van der Waals surface area contributed by atoms with Gasteiger partial charge in [0.05, 0.1) is 46.2 Å². The van der Waals surface area contributed by atoms with Crippen molar-refractivity contribution >= 4 is 10.8 Å². The maximum atomic E-state index is 10.7. The second-order valence-corrected chi connectivity index (χ2v) is 12.9. The van der Waals surface area contributed by atoms with Gasteiger partial charge in [-0.25, -0.2) is 0 Å². The number of aliphatic hydroxyl groups is 2. The van der Waals surface area contributed by atoms with E-state index in [1.807, 2.05) is 103 Å². The third-order valence-corrected chi connectivity index (χ3v) is 9.17. The standard InChI is InChI=1S/C43H48O9/c1-46-42-40(45)37(24-44)52-43(42)51-30-39(49-27-32-15-7-3-8-16-32)41(50-28-33-17-9-4-10-18-33)38(48-26-31-13-5-2-6-14-31)29-47-25-34-21-22-35-19-11-12-20-36(35)23-34/h2-23,37-45H,24-30H2,1H3. The number of ether oxygens (including phenoxy) is 7. The van der Waals surface area contributed by atoms with Gasteiger partial charge in [-0.05, 0) is 39.1 Å². The Morgan fingerprint density at radius 3 is 1.71 bits per heavy atom. The summed E-state index contributed by atoms with van der Waals surface area (Å²) in [6, 6.07) is 44.4. The van der Waals surface area contributed by atoms with Crippen LogP contribution < -0.4 is 0 Å². The van der Waals surface area contributed by atoms with Crippen LogP contribution in [0, 0.1) is 0 Å². The van der Waals surface area contributed by atoms with Crippen molar-refractivity contribution in [2.75, 3.05) is 26.9 Å². The lowest BCUT2D eigenvalue weighted by molar-refractivity contribution is -0.220. The Morgan fingerprint density at radius 2 is 1.13 bits per heavy atom. The van der Waals surface area contributed by atoms with Gasteiger partial charge in [-0.1, -0.05) is 127 Å². The van der Waals surface area contributed by atoms with Gasteiger partial charge in [0.1, 0.15) is 36.6 Å². The van der Waals surface area contributed by atoms with Crippen LogP contribution in [-0.4, -0.2) is 80.1 Å². The molecule has 0 aromatic heterocycles. The van der Waals surface area contributed by atoms with Crippen molar-refractivity contribution in [3.05, 3.63) is 156 Å². The van der Waals surface area contributed by atoms with E-state index in [0.717, 1.165) is 27.6 Å². The van der Waals surface area contributed by atoms with Gasteiger partial charge in [0.15, 0.2) is 6.29 Å². The lowest BCUT2D eigenvalue weighted by Gasteiger charge is -2.34. The maximum absolute atomic E-state index is 10.7. The fourth-order valence-corrected chi connectivity index (χ4v) is 6.30. The molecule has 9 nitrogen and oxygen atoms in total. The van der Waals surface area contributed by atoms with Crippen molar-refractivity contribution in [1.29, 1.82) is 0 Å². The van der Waals surface area contributed by atoms with E-state index in [1.165, 1.54) is 12.5 Å². The molecule has 6 rings (SSSR count). The van der Waals surface area contributed by atoms with Gasteiger partial charge in [0.25, 0.3) is 0 Å². The second kappa shape index (κ2) is 19.7. The molecule has 1 saturated heterocycles. The van der Waals surface area contributed by atoms with E-state index in [-0.39, 0.29) is 26.4 Å². The highest BCUT2D eigenvalue weighted by Crippen LogP contribution is 2.27. The van der Waals surface area contributed by atoms with E-state index in [1.54, 1.807) is 0 Å². The van der Waals surface area contributed by atoms with Crippen molar-refractivity contribution in [2.24, 2.45) is 0 Å². The predicted octanol–water partition coefficient (Wildman–Crippen LogP) is 6.22. The quantitative estimate of drug-likeness (QED) is 0.0975. The number of hydrogen-bond acceptors (Lipinski definition) is 9. The van der Waals surface area contributed by atoms with Crippen LogP contribution in [0.5, 0.6) is 0 Å². The van der Waals surface area contributed by atoms with Gasteiger partial charge in [0, 0.05) is 7.11 Å². The number of hydrogen-bond donors (Lipinski definition) is 2. The number of fused-ring (bicyclic) bond motifs is 1. The zero-order valence-corrected chi connectivity index (χ0v) is 29.4. The lowest BCUT2D eigenvalue weighted by atomic mass is 10.1. The summed E-state index contributed by atoms with van der Waals surface area (Å²) in [5.41, 5.74) is 4.02. The minimum atomic E-state index is -1.06. The number of aliphatic hydroxyl groups excluding tert-OH is 2. The van der Waals surface area contributed by atoms with E-state index < -0.39 is 42.9 Å². The Balaban J connectivity index is 1.27. The van der Waals surface area contributed by atoms with Crippen LogP contribution in [0.15, 0.2) is 133 Å². The first-order chi connectivity index (χ1) is 25.6. The molecule has 1 aliphatic rings. The second-order valence-electron chi connectivity index (χ2n) is 12.9. The third kappa shape index (κ3) is 10.5. The molecule has 0 radical (unpaired) electrons. The van der Waals surface area contributed by atoms with Crippen molar-refractivity contribution in [3.8, 4) is 0 Å². The highest BCUT2D eigenvalue weighted by molar-refractivity contribution is 5.82. The minimum absolute atomic E-state index is 0.0115. The molecule has 0 bridgehead atoms. The molecule has 9 heteroatoms. The largest absolute Gasteiger partial charge is 0.394 e. The highest BCUT2D eigenvalue weighted by Gasteiger charge is 2.45. The Bertz CT molecular complexity index is 1740. The molecule has 5 aromatic rings. The molecule has 0 amide bonds. The van der Waals surface area contributed by atoms with E-state index >= 15 is 0 Å². The summed E-state index contributed by atoms with van der Waals surface area (Å²) in [5, 5.41) is 22.8. The van der Waals surface area contributed by atoms with Crippen molar-refractivity contribution in [2.45, 2.75) is 69.3 Å². The average molecular weight is 709 g/mol. The average Bonchev–Trinajstić information content (AvgIpc) is 3.51. The molecule has 52 heavy (non-hydrogen) atoms. The smallest absolute Gasteiger partial charge is 0.187 e. The summed E-state index contributed by atoms with van der Waals surface area (Å²) in [6.45, 7) is 1.11. The third-order valence-electron chi connectivity index (χ3n) is 9.17. The molecule has 0 aliphatic carbocycles. The number of rotatable bonds is 20. The summed E-state index contributed by atoms with van der Waals surface area (Å²) in [5.74, 6) is 0. The Morgan fingerprint density at radius 1 is 0.596 bits per heavy atom. The van der Waals surface area contributed by atoms with Crippen LogP contribution in [-0.2, 0) is 59.6 Å². The summed E-state index contributed by atoms with van der Waals surface area (Å²) in [4.78, 5) is 0. The molecule has 7 unspecified atom stereocenters. The first-order valence-corrected chi connectivity index (χ1v) is 17.7. The minimum Gasteiger partial charge on any atom is -0.394 e. The fraction of sp³-hybridized carbons (Fsp3) is 0.349. The van der Waals surface area contributed by atoms with Gasteiger partial charge in [-0.2, -0.15) is 0 Å². The molecule has 2 N–H and O–H groups in total. The van der Waals surface area contributed by atoms with Crippen LogP contribution in [0.2, 0.25) is 0 Å². The first kappa shape index (κ1) is 37.7. The lowest BCUT2D eigenvalue weighted by Crippen LogP contribution is -2.48. The zero-order chi connectivity index (χ0) is 36.0. The molecule has 0 spiro atoms.